The van der Waals surface area contributed by atoms with E-state index in [2.05, 4.69) is 21.5 Å². The first-order chi connectivity index (χ1) is 9.24. The maximum atomic E-state index is 5.73. The van der Waals surface area contributed by atoms with Gasteiger partial charge in [-0.2, -0.15) is 5.10 Å². The molecular weight excluding hydrogens is 240 g/mol. The second-order valence-corrected chi connectivity index (χ2v) is 4.57. The Morgan fingerprint density at radius 3 is 2.89 bits per heavy atom. The van der Waals surface area contributed by atoms with Gasteiger partial charge in [-0.1, -0.05) is 18.2 Å². The van der Waals surface area contributed by atoms with E-state index in [1.807, 2.05) is 32.2 Å². The van der Waals surface area contributed by atoms with Crippen molar-refractivity contribution in [3.63, 3.8) is 0 Å². The molecule has 0 aliphatic rings. The van der Waals surface area contributed by atoms with E-state index in [0.29, 0.717) is 6.54 Å². The van der Waals surface area contributed by atoms with Gasteiger partial charge in [0.25, 0.3) is 0 Å². The molecule has 0 unspecified atom stereocenters. The molecule has 0 bridgehead atoms. The molecule has 0 saturated heterocycles. The highest BCUT2D eigenvalue weighted by Crippen LogP contribution is 2.24. The second kappa shape index (κ2) is 4.85. The largest absolute Gasteiger partial charge is 0.461 e. The Morgan fingerprint density at radius 1 is 1.26 bits per heavy atom. The number of rotatable bonds is 4. The van der Waals surface area contributed by atoms with Gasteiger partial charge < -0.3 is 9.73 Å². The van der Waals surface area contributed by atoms with Crippen LogP contribution >= 0.6 is 0 Å². The van der Waals surface area contributed by atoms with Crippen molar-refractivity contribution in [1.82, 2.24) is 20.1 Å². The summed E-state index contributed by atoms with van der Waals surface area (Å²) in [6, 6.07) is 8.09. The van der Waals surface area contributed by atoms with E-state index >= 15 is 0 Å². The molecular formula is C14H16N4O. The number of benzene rings is 1. The molecule has 5 nitrogen and oxygen atoms in total. The molecule has 0 saturated carbocycles. The molecule has 0 radical (unpaired) electrons. The number of hydrogen-bond donors (Lipinski definition) is 1. The van der Waals surface area contributed by atoms with E-state index < -0.39 is 0 Å². The first kappa shape index (κ1) is 11.9. The number of aromatic nitrogens is 3. The fourth-order valence-electron chi connectivity index (χ4n) is 2.21. The number of furan rings is 1. The fourth-order valence-corrected chi connectivity index (χ4v) is 2.21. The van der Waals surface area contributed by atoms with Gasteiger partial charge in [0.2, 0.25) is 0 Å². The quantitative estimate of drug-likeness (QED) is 0.777. The molecule has 5 heteroatoms. The molecule has 0 fully saturated rings. The number of aryl methyl sites for hydroxylation is 2. The molecule has 0 amide bonds. The van der Waals surface area contributed by atoms with Crippen LogP contribution in [-0.4, -0.2) is 14.8 Å². The van der Waals surface area contributed by atoms with Gasteiger partial charge in [0.1, 0.15) is 17.7 Å². The zero-order valence-corrected chi connectivity index (χ0v) is 11.1. The average Bonchev–Trinajstić information content (AvgIpc) is 2.94. The minimum Gasteiger partial charge on any atom is -0.461 e. The third-order valence-corrected chi connectivity index (χ3v) is 3.13. The molecule has 1 aromatic carbocycles. The summed E-state index contributed by atoms with van der Waals surface area (Å²) in [6.45, 7) is 3.40. The highest BCUT2D eigenvalue weighted by atomic mass is 16.3. The first-order valence-electron chi connectivity index (χ1n) is 6.26. The summed E-state index contributed by atoms with van der Waals surface area (Å²) < 4.78 is 7.43. The zero-order chi connectivity index (χ0) is 13.2. The number of nitrogens with one attached hydrogen (secondary N) is 1. The van der Waals surface area contributed by atoms with Crippen LogP contribution in [-0.2, 0) is 20.1 Å². The van der Waals surface area contributed by atoms with Gasteiger partial charge in [0.05, 0.1) is 6.54 Å². The van der Waals surface area contributed by atoms with Crippen molar-refractivity contribution in [3.05, 3.63) is 47.7 Å². The minimum absolute atomic E-state index is 0.653. The average molecular weight is 256 g/mol. The van der Waals surface area contributed by atoms with Crippen LogP contribution in [0, 0.1) is 6.92 Å². The Balaban J connectivity index is 1.73. The van der Waals surface area contributed by atoms with Crippen molar-refractivity contribution < 1.29 is 4.42 Å². The molecule has 19 heavy (non-hydrogen) atoms. The topological polar surface area (TPSA) is 55.9 Å². The van der Waals surface area contributed by atoms with Crippen LogP contribution in [0.4, 0.5) is 0 Å². The third-order valence-electron chi connectivity index (χ3n) is 3.13. The van der Waals surface area contributed by atoms with Crippen LogP contribution in [0.2, 0.25) is 0 Å². The maximum Gasteiger partial charge on any atom is 0.164 e. The molecule has 3 rings (SSSR count). The highest BCUT2D eigenvalue weighted by Gasteiger charge is 2.09. The molecule has 3 aromatic rings. The fraction of sp³-hybridized carbons (Fsp3) is 0.286. The van der Waals surface area contributed by atoms with Crippen LogP contribution in [0.15, 0.2) is 35.0 Å². The Kier molecular flexibility index (Phi) is 3.05. The van der Waals surface area contributed by atoms with Crippen LogP contribution < -0.4 is 5.32 Å². The number of hydrogen-bond acceptors (Lipinski definition) is 4. The van der Waals surface area contributed by atoms with Gasteiger partial charge in [-0.15, -0.1) is 0 Å². The third kappa shape index (κ3) is 2.37. The number of fused-ring (bicyclic) bond motifs is 1. The zero-order valence-electron chi connectivity index (χ0n) is 11.1. The normalized spacial score (nSPS) is 11.3. The van der Waals surface area contributed by atoms with Gasteiger partial charge in [-0.3, -0.25) is 4.68 Å². The van der Waals surface area contributed by atoms with Gasteiger partial charge in [-0.25, -0.2) is 4.98 Å². The summed E-state index contributed by atoms with van der Waals surface area (Å²) in [5.41, 5.74) is 2.14. The summed E-state index contributed by atoms with van der Waals surface area (Å²) >= 11 is 0. The van der Waals surface area contributed by atoms with Crippen molar-refractivity contribution in [2.24, 2.45) is 7.05 Å². The van der Waals surface area contributed by atoms with Crippen molar-refractivity contribution in [2.75, 3.05) is 0 Å². The molecule has 0 atom stereocenters. The van der Waals surface area contributed by atoms with Crippen molar-refractivity contribution in [3.8, 4) is 0 Å². The van der Waals surface area contributed by atoms with Crippen molar-refractivity contribution in [1.29, 1.82) is 0 Å². The lowest BCUT2D eigenvalue weighted by Gasteiger charge is -2.01. The smallest absolute Gasteiger partial charge is 0.164 e. The summed E-state index contributed by atoms with van der Waals surface area (Å²) in [5.74, 6) is 1.76. The number of nitrogens with zero attached hydrogens (tertiary/aromatic N) is 3. The van der Waals surface area contributed by atoms with Crippen LogP contribution in [0.3, 0.4) is 0 Å². The second-order valence-electron chi connectivity index (χ2n) is 4.57. The van der Waals surface area contributed by atoms with Crippen LogP contribution in [0.5, 0.6) is 0 Å². The van der Waals surface area contributed by atoms with E-state index in [1.165, 1.54) is 10.9 Å². The first-order valence-corrected chi connectivity index (χ1v) is 6.26. The summed E-state index contributed by atoms with van der Waals surface area (Å²) in [7, 11) is 1.87. The van der Waals surface area contributed by atoms with Crippen molar-refractivity contribution in [2.45, 2.75) is 20.0 Å². The standard InChI is InChI=1S/C14H16N4O/c1-10-12(11-5-3-4-6-13(11)19-10)7-15-8-14-16-9-18(2)17-14/h3-6,9,15H,7-8H2,1-2H3. The Morgan fingerprint density at radius 2 is 2.11 bits per heavy atom. The van der Waals surface area contributed by atoms with E-state index in [0.717, 1.165) is 23.7 Å². The van der Waals surface area contributed by atoms with Crippen LogP contribution in [0.25, 0.3) is 11.0 Å². The Labute approximate surface area is 111 Å². The lowest BCUT2D eigenvalue weighted by Crippen LogP contribution is -2.14. The van der Waals surface area contributed by atoms with Gasteiger partial charge in [0, 0.05) is 24.5 Å². The van der Waals surface area contributed by atoms with E-state index in [1.54, 1.807) is 11.0 Å². The summed E-state index contributed by atoms with van der Waals surface area (Å²) in [4.78, 5) is 4.19. The summed E-state index contributed by atoms with van der Waals surface area (Å²) in [5, 5.41) is 8.75. The van der Waals surface area contributed by atoms with Crippen LogP contribution in [0.1, 0.15) is 17.1 Å². The Bertz CT molecular complexity index is 698. The monoisotopic (exact) mass is 256 g/mol. The molecule has 2 heterocycles. The predicted octanol–water partition coefficient (Wildman–Crippen LogP) is 2.16. The van der Waals surface area contributed by atoms with E-state index in [4.69, 9.17) is 4.42 Å². The summed E-state index contributed by atoms with van der Waals surface area (Å²) in [6.07, 6.45) is 1.70. The molecule has 2 aromatic heterocycles. The lowest BCUT2D eigenvalue weighted by molar-refractivity contribution is 0.563. The molecule has 0 spiro atoms. The molecule has 0 aliphatic carbocycles. The SMILES string of the molecule is Cc1oc2ccccc2c1CNCc1ncn(C)n1. The van der Waals surface area contributed by atoms with Gasteiger partial charge >= 0.3 is 0 Å². The highest BCUT2D eigenvalue weighted by molar-refractivity contribution is 5.82. The van der Waals surface area contributed by atoms with Gasteiger partial charge in [-0.05, 0) is 13.0 Å². The lowest BCUT2D eigenvalue weighted by atomic mass is 10.1. The molecule has 98 valence electrons. The van der Waals surface area contributed by atoms with E-state index in [9.17, 15) is 0 Å². The predicted molar refractivity (Wildman–Crippen MR) is 72.5 cm³/mol. The van der Waals surface area contributed by atoms with E-state index in [-0.39, 0.29) is 0 Å². The van der Waals surface area contributed by atoms with Crippen molar-refractivity contribution >= 4 is 11.0 Å². The minimum atomic E-state index is 0.653. The molecule has 1 N–H and O–H groups in total. The van der Waals surface area contributed by atoms with Gasteiger partial charge in [0.15, 0.2) is 5.82 Å². The Hall–Kier alpha value is -2.14. The maximum absolute atomic E-state index is 5.73. The molecule has 0 aliphatic heterocycles. The number of para-hydroxylation sites is 1.